The number of hydrogen-bond donors (Lipinski definition) is 0. The highest BCUT2D eigenvalue weighted by molar-refractivity contribution is 5.89. The van der Waals surface area contributed by atoms with Crippen LogP contribution in [0.2, 0.25) is 0 Å². The van der Waals surface area contributed by atoms with Gasteiger partial charge in [-0.1, -0.05) is 0 Å². The van der Waals surface area contributed by atoms with Gasteiger partial charge < -0.3 is 18.9 Å². The van der Waals surface area contributed by atoms with Crippen LogP contribution in [0.5, 0.6) is 5.75 Å². The summed E-state index contributed by atoms with van der Waals surface area (Å²) in [5, 5.41) is 0. The van der Waals surface area contributed by atoms with Crippen molar-refractivity contribution in [1.29, 1.82) is 0 Å². The molecule has 1 aliphatic heterocycles. The molecule has 1 aromatic carbocycles. The summed E-state index contributed by atoms with van der Waals surface area (Å²) in [6.07, 6.45) is 0.241. The fourth-order valence-electron chi connectivity index (χ4n) is 2.02. The molecule has 1 saturated heterocycles. The summed E-state index contributed by atoms with van der Waals surface area (Å²) >= 11 is 0. The highest BCUT2D eigenvalue weighted by atomic mass is 16.7. The Kier molecular flexibility index (Phi) is 5.16. The maximum atomic E-state index is 12.0. The number of methoxy groups -OCH3 is 1. The zero-order chi connectivity index (χ0) is 15.2. The molecule has 1 aliphatic rings. The van der Waals surface area contributed by atoms with Crippen LogP contribution in [-0.4, -0.2) is 38.0 Å². The van der Waals surface area contributed by atoms with Crippen molar-refractivity contribution in [2.24, 2.45) is 0 Å². The minimum atomic E-state index is -0.543. The molecule has 0 bridgehead atoms. The zero-order valence-corrected chi connectivity index (χ0v) is 12.0. The molecule has 0 amide bonds. The van der Waals surface area contributed by atoms with E-state index in [0.29, 0.717) is 24.2 Å². The van der Waals surface area contributed by atoms with E-state index in [4.69, 9.17) is 18.9 Å². The molecule has 0 spiro atoms. The molecular formula is C15H18O6. The van der Waals surface area contributed by atoms with E-state index in [1.165, 1.54) is 6.92 Å². The molecule has 2 unspecified atom stereocenters. The SMILES string of the molecule is COc1ccc(C(=O)OC2CCC(OC(C)=O)OC2)cc1. The molecule has 6 nitrogen and oxygen atoms in total. The average molecular weight is 294 g/mol. The van der Waals surface area contributed by atoms with Crippen LogP contribution in [0.3, 0.4) is 0 Å². The summed E-state index contributed by atoms with van der Waals surface area (Å²) in [7, 11) is 1.56. The van der Waals surface area contributed by atoms with Gasteiger partial charge in [-0.3, -0.25) is 4.79 Å². The minimum absolute atomic E-state index is 0.222. The fourth-order valence-corrected chi connectivity index (χ4v) is 2.02. The van der Waals surface area contributed by atoms with Crippen LogP contribution in [0.15, 0.2) is 24.3 Å². The first-order chi connectivity index (χ1) is 10.1. The number of esters is 2. The van der Waals surface area contributed by atoms with Gasteiger partial charge in [0.05, 0.1) is 19.3 Å². The van der Waals surface area contributed by atoms with Crippen LogP contribution in [-0.2, 0) is 19.0 Å². The van der Waals surface area contributed by atoms with E-state index in [1.54, 1.807) is 31.4 Å². The summed E-state index contributed by atoms with van der Waals surface area (Å²) in [5.41, 5.74) is 0.456. The van der Waals surface area contributed by atoms with Crippen molar-refractivity contribution >= 4 is 11.9 Å². The van der Waals surface area contributed by atoms with Gasteiger partial charge in [-0.05, 0) is 30.7 Å². The Morgan fingerprint density at radius 3 is 2.38 bits per heavy atom. The van der Waals surface area contributed by atoms with Crippen molar-refractivity contribution in [3.8, 4) is 5.75 Å². The van der Waals surface area contributed by atoms with E-state index >= 15 is 0 Å². The van der Waals surface area contributed by atoms with E-state index in [2.05, 4.69) is 0 Å². The van der Waals surface area contributed by atoms with Crippen LogP contribution in [0, 0.1) is 0 Å². The first-order valence-electron chi connectivity index (χ1n) is 6.72. The van der Waals surface area contributed by atoms with E-state index in [1.807, 2.05) is 0 Å². The molecule has 1 aromatic rings. The lowest BCUT2D eigenvalue weighted by molar-refractivity contribution is -0.196. The highest BCUT2D eigenvalue weighted by Crippen LogP contribution is 2.19. The molecule has 1 heterocycles. The van der Waals surface area contributed by atoms with Gasteiger partial charge in [0.2, 0.25) is 6.29 Å². The molecule has 2 rings (SSSR count). The van der Waals surface area contributed by atoms with Gasteiger partial charge in [0.15, 0.2) is 0 Å². The standard InChI is InChI=1S/C15H18O6/c1-10(16)20-14-8-7-13(9-19-14)21-15(17)11-3-5-12(18-2)6-4-11/h3-6,13-14H,7-9H2,1-2H3. The molecule has 6 heteroatoms. The molecule has 0 N–H and O–H groups in total. The summed E-state index contributed by atoms with van der Waals surface area (Å²) in [4.78, 5) is 22.8. The van der Waals surface area contributed by atoms with E-state index in [0.717, 1.165) is 0 Å². The molecular weight excluding hydrogens is 276 g/mol. The number of benzene rings is 1. The summed E-state index contributed by atoms with van der Waals surface area (Å²) in [6.45, 7) is 1.55. The average Bonchev–Trinajstić information content (AvgIpc) is 2.49. The van der Waals surface area contributed by atoms with Gasteiger partial charge in [-0.15, -0.1) is 0 Å². The van der Waals surface area contributed by atoms with Gasteiger partial charge in [-0.2, -0.15) is 0 Å². The van der Waals surface area contributed by atoms with Crippen molar-refractivity contribution in [2.45, 2.75) is 32.2 Å². The van der Waals surface area contributed by atoms with Crippen LogP contribution >= 0.6 is 0 Å². The lowest BCUT2D eigenvalue weighted by Crippen LogP contribution is -2.35. The third-order valence-electron chi connectivity index (χ3n) is 3.09. The van der Waals surface area contributed by atoms with Gasteiger partial charge in [-0.25, -0.2) is 4.79 Å². The second kappa shape index (κ2) is 7.08. The lowest BCUT2D eigenvalue weighted by Gasteiger charge is -2.28. The van der Waals surface area contributed by atoms with Gasteiger partial charge >= 0.3 is 11.9 Å². The quantitative estimate of drug-likeness (QED) is 0.790. The van der Waals surface area contributed by atoms with Crippen LogP contribution < -0.4 is 4.74 Å². The van der Waals surface area contributed by atoms with E-state index in [-0.39, 0.29) is 18.7 Å². The predicted octanol–water partition coefficient (Wildman–Crippen LogP) is 1.92. The fraction of sp³-hybridized carbons (Fsp3) is 0.467. The summed E-state index contributed by atoms with van der Waals surface area (Å²) in [5.74, 6) is -0.109. The third kappa shape index (κ3) is 4.46. The largest absolute Gasteiger partial charge is 0.497 e. The molecule has 0 saturated carbocycles. The van der Waals surface area contributed by atoms with Crippen LogP contribution in [0.4, 0.5) is 0 Å². The molecule has 1 fully saturated rings. The number of carbonyl (C=O) groups is 2. The Hall–Kier alpha value is -2.08. The molecule has 0 aromatic heterocycles. The van der Waals surface area contributed by atoms with Crippen molar-refractivity contribution < 1.29 is 28.5 Å². The summed E-state index contributed by atoms with van der Waals surface area (Å²) < 4.78 is 20.7. The molecule has 0 radical (unpaired) electrons. The van der Waals surface area contributed by atoms with E-state index < -0.39 is 12.3 Å². The maximum absolute atomic E-state index is 12.0. The Balaban J connectivity index is 1.82. The Labute approximate surface area is 122 Å². The maximum Gasteiger partial charge on any atom is 0.338 e. The first kappa shape index (κ1) is 15.3. The molecule has 2 atom stereocenters. The first-order valence-corrected chi connectivity index (χ1v) is 6.72. The van der Waals surface area contributed by atoms with Crippen LogP contribution in [0.1, 0.15) is 30.1 Å². The zero-order valence-electron chi connectivity index (χ0n) is 12.0. The second-order valence-electron chi connectivity index (χ2n) is 4.71. The predicted molar refractivity (Wildman–Crippen MR) is 72.9 cm³/mol. The monoisotopic (exact) mass is 294 g/mol. The van der Waals surface area contributed by atoms with Gasteiger partial charge in [0, 0.05) is 13.3 Å². The Bertz CT molecular complexity index is 487. The van der Waals surface area contributed by atoms with Crippen molar-refractivity contribution in [1.82, 2.24) is 0 Å². The van der Waals surface area contributed by atoms with Crippen LogP contribution in [0.25, 0.3) is 0 Å². The normalized spacial score (nSPS) is 21.4. The lowest BCUT2D eigenvalue weighted by atomic mass is 10.1. The highest BCUT2D eigenvalue weighted by Gasteiger charge is 2.26. The van der Waals surface area contributed by atoms with Crippen molar-refractivity contribution in [3.63, 3.8) is 0 Å². The number of carbonyl (C=O) groups excluding carboxylic acids is 2. The number of hydrogen-bond acceptors (Lipinski definition) is 6. The second-order valence-corrected chi connectivity index (χ2v) is 4.71. The number of ether oxygens (including phenoxy) is 4. The smallest absolute Gasteiger partial charge is 0.338 e. The summed E-state index contributed by atoms with van der Waals surface area (Å²) in [6, 6.07) is 6.69. The van der Waals surface area contributed by atoms with Crippen molar-refractivity contribution in [3.05, 3.63) is 29.8 Å². The topological polar surface area (TPSA) is 71.1 Å². The minimum Gasteiger partial charge on any atom is -0.497 e. The van der Waals surface area contributed by atoms with E-state index in [9.17, 15) is 9.59 Å². The Morgan fingerprint density at radius 1 is 1.14 bits per heavy atom. The Morgan fingerprint density at radius 2 is 1.86 bits per heavy atom. The third-order valence-corrected chi connectivity index (χ3v) is 3.09. The molecule has 114 valence electrons. The molecule has 21 heavy (non-hydrogen) atoms. The van der Waals surface area contributed by atoms with Crippen molar-refractivity contribution in [2.75, 3.05) is 13.7 Å². The number of rotatable bonds is 4. The molecule has 0 aliphatic carbocycles. The van der Waals surface area contributed by atoms with Gasteiger partial charge in [0.1, 0.15) is 11.9 Å². The van der Waals surface area contributed by atoms with Gasteiger partial charge in [0.25, 0.3) is 0 Å².